The fourth-order valence-corrected chi connectivity index (χ4v) is 4.88. The van der Waals surface area contributed by atoms with E-state index in [0.717, 1.165) is 47.9 Å². The van der Waals surface area contributed by atoms with Crippen molar-refractivity contribution in [1.29, 1.82) is 0 Å². The van der Waals surface area contributed by atoms with Gasteiger partial charge in [0.15, 0.2) is 0 Å². The van der Waals surface area contributed by atoms with Crippen molar-refractivity contribution in [3.8, 4) is 11.5 Å². The van der Waals surface area contributed by atoms with E-state index in [-0.39, 0.29) is 11.9 Å². The van der Waals surface area contributed by atoms with E-state index in [9.17, 15) is 9.59 Å². The highest BCUT2D eigenvalue weighted by Crippen LogP contribution is 2.37. The number of carbonyl (C=O) groups is 2. The molecular formula is C36H38O5. The highest BCUT2D eigenvalue weighted by Gasteiger charge is 2.24. The molecule has 0 radical (unpaired) electrons. The SMILES string of the molecule is CCCc1ccc(C(OC(c2ccc(CCC)cc2)c2ccc(OC(C)=O)cc2)c2ccc(OC(C)=O)cc2)cc1. The number of benzene rings is 4. The van der Waals surface area contributed by atoms with Crippen molar-refractivity contribution >= 4 is 11.9 Å². The third kappa shape index (κ3) is 8.38. The van der Waals surface area contributed by atoms with Gasteiger partial charge in [-0.25, -0.2) is 0 Å². The van der Waals surface area contributed by atoms with E-state index in [4.69, 9.17) is 14.2 Å². The van der Waals surface area contributed by atoms with Crippen LogP contribution < -0.4 is 9.47 Å². The molecule has 0 saturated carbocycles. The largest absolute Gasteiger partial charge is 0.427 e. The summed E-state index contributed by atoms with van der Waals surface area (Å²) in [6.45, 7) is 7.13. The Morgan fingerprint density at radius 1 is 0.512 bits per heavy atom. The molecule has 0 aromatic heterocycles. The van der Waals surface area contributed by atoms with Crippen LogP contribution in [0.4, 0.5) is 0 Å². The van der Waals surface area contributed by atoms with Crippen LogP contribution in [0, 0.1) is 0 Å². The third-order valence-corrected chi connectivity index (χ3v) is 6.80. The monoisotopic (exact) mass is 550 g/mol. The Morgan fingerprint density at radius 2 is 0.805 bits per heavy atom. The Kier molecular flexibility index (Phi) is 10.5. The van der Waals surface area contributed by atoms with Gasteiger partial charge in [0.2, 0.25) is 0 Å². The maximum absolute atomic E-state index is 11.5. The molecule has 4 rings (SSSR count). The molecule has 5 nitrogen and oxygen atoms in total. The lowest BCUT2D eigenvalue weighted by atomic mass is 9.96. The van der Waals surface area contributed by atoms with Gasteiger partial charge in [-0.15, -0.1) is 0 Å². The molecule has 4 aromatic rings. The third-order valence-electron chi connectivity index (χ3n) is 6.80. The summed E-state index contributed by atoms with van der Waals surface area (Å²) in [5.41, 5.74) is 6.48. The van der Waals surface area contributed by atoms with Crippen LogP contribution in [-0.2, 0) is 27.2 Å². The molecule has 0 spiro atoms. The molecule has 0 aliphatic rings. The molecule has 5 heteroatoms. The highest BCUT2D eigenvalue weighted by atomic mass is 16.5. The smallest absolute Gasteiger partial charge is 0.308 e. The first-order chi connectivity index (χ1) is 19.9. The fraction of sp³-hybridized carbons (Fsp3) is 0.278. The first-order valence-corrected chi connectivity index (χ1v) is 14.3. The van der Waals surface area contributed by atoms with Crippen LogP contribution in [0.25, 0.3) is 0 Å². The molecule has 2 atom stereocenters. The highest BCUT2D eigenvalue weighted by molar-refractivity contribution is 5.69. The zero-order valence-electron chi connectivity index (χ0n) is 24.3. The van der Waals surface area contributed by atoms with Crippen LogP contribution >= 0.6 is 0 Å². The Bertz CT molecular complexity index is 1290. The molecule has 0 saturated heterocycles. The summed E-state index contributed by atoms with van der Waals surface area (Å²) in [5, 5.41) is 0. The van der Waals surface area contributed by atoms with E-state index in [1.807, 2.05) is 24.3 Å². The Balaban J connectivity index is 1.75. The van der Waals surface area contributed by atoms with Crippen molar-refractivity contribution in [2.24, 2.45) is 0 Å². The molecule has 0 aliphatic carbocycles. The topological polar surface area (TPSA) is 61.8 Å². The fourth-order valence-electron chi connectivity index (χ4n) is 4.88. The second-order valence-electron chi connectivity index (χ2n) is 10.2. The number of rotatable bonds is 12. The lowest BCUT2D eigenvalue weighted by Crippen LogP contribution is -2.14. The molecule has 212 valence electrons. The van der Waals surface area contributed by atoms with Crippen molar-refractivity contribution in [2.75, 3.05) is 0 Å². The van der Waals surface area contributed by atoms with Gasteiger partial charge in [-0.05, 0) is 70.5 Å². The van der Waals surface area contributed by atoms with Gasteiger partial charge >= 0.3 is 11.9 Å². The minimum Gasteiger partial charge on any atom is -0.427 e. The quantitative estimate of drug-likeness (QED) is 0.131. The van der Waals surface area contributed by atoms with Crippen LogP contribution in [0.1, 0.15) is 86.1 Å². The zero-order valence-corrected chi connectivity index (χ0v) is 24.3. The van der Waals surface area contributed by atoms with Crippen molar-refractivity contribution in [3.05, 3.63) is 130 Å². The normalized spacial score (nSPS) is 12.4. The standard InChI is InChI=1S/C36H38O5/c1-5-7-27-9-13-29(14-10-27)35(31-17-21-33(22-18-31)39-25(3)37)41-36(30-15-11-28(8-6-2)12-16-30)32-19-23-34(24-20-32)40-26(4)38/h9-24,35-36H,5-8H2,1-4H3. The second kappa shape index (κ2) is 14.4. The number of esters is 2. The first kappa shape index (κ1) is 29.8. The van der Waals surface area contributed by atoms with E-state index >= 15 is 0 Å². The van der Waals surface area contributed by atoms with E-state index < -0.39 is 12.2 Å². The average molecular weight is 551 g/mol. The molecule has 0 N–H and O–H groups in total. The first-order valence-electron chi connectivity index (χ1n) is 14.3. The molecule has 0 fully saturated rings. The maximum atomic E-state index is 11.5. The van der Waals surface area contributed by atoms with Crippen LogP contribution in [0.2, 0.25) is 0 Å². The van der Waals surface area contributed by atoms with Crippen molar-refractivity contribution in [3.63, 3.8) is 0 Å². The molecule has 2 unspecified atom stereocenters. The number of ether oxygens (including phenoxy) is 3. The minimum absolute atomic E-state index is 0.360. The predicted molar refractivity (Wildman–Crippen MR) is 161 cm³/mol. The zero-order chi connectivity index (χ0) is 29.2. The molecule has 0 heterocycles. The number of aryl methyl sites for hydroxylation is 2. The lowest BCUT2D eigenvalue weighted by molar-refractivity contribution is -0.132. The van der Waals surface area contributed by atoms with Gasteiger partial charge in [0, 0.05) is 13.8 Å². The number of hydrogen-bond donors (Lipinski definition) is 0. The minimum atomic E-state index is -0.398. The summed E-state index contributed by atoms with van der Waals surface area (Å²) in [7, 11) is 0. The summed E-state index contributed by atoms with van der Waals surface area (Å²) in [6.07, 6.45) is 3.40. The average Bonchev–Trinajstić information content (AvgIpc) is 2.96. The molecular weight excluding hydrogens is 512 g/mol. The van der Waals surface area contributed by atoms with Crippen LogP contribution in [-0.4, -0.2) is 11.9 Å². The van der Waals surface area contributed by atoms with E-state index in [0.29, 0.717) is 11.5 Å². The summed E-state index contributed by atoms with van der Waals surface area (Å²) < 4.78 is 17.6. The van der Waals surface area contributed by atoms with Crippen molar-refractivity contribution in [1.82, 2.24) is 0 Å². The van der Waals surface area contributed by atoms with Gasteiger partial charge in [-0.2, -0.15) is 0 Å². The maximum Gasteiger partial charge on any atom is 0.308 e. The summed E-state index contributed by atoms with van der Waals surface area (Å²) >= 11 is 0. The van der Waals surface area contributed by atoms with Gasteiger partial charge in [0.25, 0.3) is 0 Å². The lowest BCUT2D eigenvalue weighted by Gasteiger charge is -2.27. The Labute approximate surface area is 243 Å². The van der Waals surface area contributed by atoms with Crippen molar-refractivity contribution in [2.45, 2.75) is 65.6 Å². The number of hydrogen-bond acceptors (Lipinski definition) is 5. The second-order valence-corrected chi connectivity index (χ2v) is 10.2. The van der Waals surface area contributed by atoms with E-state index in [2.05, 4.69) is 62.4 Å². The molecule has 0 bridgehead atoms. The molecule has 0 aliphatic heterocycles. The van der Waals surface area contributed by atoms with E-state index in [1.165, 1.54) is 25.0 Å². The summed E-state index contributed by atoms with van der Waals surface area (Å²) in [6, 6.07) is 32.1. The Hall–Kier alpha value is -4.22. The Morgan fingerprint density at radius 3 is 1.07 bits per heavy atom. The molecule has 4 aromatic carbocycles. The van der Waals surface area contributed by atoms with Crippen molar-refractivity contribution < 1.29 is 23.8 Å². The summed E-state index contributed by atoms with van der Waals surface area (Å²) in [5.74, 6) is 0.256. The van der Waals surface area contributed by atoms with Gasteiger partial charge < -0.3 is 14.2 Å². The van der Waals surface area contributed by atoms with Gasteiger partial charge in [-0.3, -0.25) is 9.59 Å². The summed E-state index contributed by atoms with van der Waals surface area (Å²) in [4.78, 5) is 22.9. The molecule has 41 heavy (non-hydrogen) atoms. The van der Waals surface area contributed by atoms with Crippen LogP contribution in [0.15, 0.2) is 97.1 Å². The predicted octanol–water partition coefficient (Wildman–Crippen LogP) is 8.34. The molecule has 0 amide bonds. The van der Waals surface area contributed by atoms with Gasteiger partial charge in [0.1, 0.15) is 23.7 Å². The number of carbonyl (C=O) groups excluding carboxylic acids is 2. The van der Waals surface area contributed by atoms with Crippen LogP contribution in [0.5, 0.6) is 11.5 Å². The van der Waals surface area contributed by atoms with Gasteiger partial charge in [-0.1, -0.05) is 99.5 Å². The van der Waals surface area contributed by atoms with E-state index in [1.54, 1.807) is 24.3 Å². The van der Waals surface area contributed by atoms with Crippen LogP contribution in [0.3, 0.4) is 0 Å². The van der Waals surface area contributed by atoms with Gasteiger partial charge in [0.05, 0.1) is 0 Å².